The number of nitro groups is 1. The number of imide groups is 1. The molecule has 1 atom stereocenters. The third-order valence-electron chi connectivity index (χ3n) is 4.27. The lowest BCUT2D eigenvalue weighted by atomic mass is 10.1. The number of aromatic nitrogens is 2. The minimum Gasteiger partial charge on any atom is -0.439 e. The molecule has 2 fully saturated rings. The average Bonchev–Trinajstić information content (AvgIpc) is 3.15. The van der Waals surface area contributed by atoms with E-state index in [1.54, 1.807) is 10.7 Å². The predicted octanol–water partition coefficient (Wildman–Crippen LogP) is 2.13. The summed E-state index contributed by atoms with van der Waals surface area (Å²) in [4.78, 5) is 35.3. The summed E-state index contributed by atoms with van der Waals surface area (Å²) < 4.78 is 12.0. The molecule has 0 aliphatic carbocycles. The van der Waals surface area contributed by atoms with Crippen LogP contribution in [-0.4, -0.2) is 39.9 Å². The van der Waals surface area contributed by atoms with Gasteiger partial charge in [0.25, 0.3) is 11.6 Å². The standard InChI is InChI=1S/C15H14N4O6/c20-12-8-25-15(21)17(12)14-10-7-9(19(22)23)4-5-11(10)18(16-14)13-3-1-2-6-24-13/h4-5,7,13H,1-3,6,8H2. The zero-order chi connectivity index (χ0) is 17.6. The summed E-state index contributed by atoms with van der Waals surface area (Å²) in [6.07, 6.45) is 1.45. The van der Waals surface area contributed by atoms with E-state index in [4.69, 9.17) is 9.47 Å². The van der Waals surface area contributed by atoms with Crippen molar-refractivity contribution in [3.8, 4) is 0 Å². The second-order valence-electron chi connectivity index (χ2n) is 5.83. The van der Waals surface area contributed by atoms with E-state index in [0.29, 0.717) is 17.5 Å². The molecule has 1 aromatic heterocycles. The van der Waals surface area contributed by atoms with Crippen LogP contribution < -0.4 is 4.90 Å². The fraction of sp³-hybridized carbons (Fsp3) is 0.400. The van der Waals surface area contributed by atoms with Gasteiger partial charge in [0.15, 0.2) is 18.7 Å². The maximum absolute atomic E-state index is 12.0. The molecule has 10 nitrogen and oxygen atoms in total. The minimum atomic E-state index is -0.840. The number of nitrogens with zero attached hydrogens (tertiary/aromatic N) is 4. The van der Waals surface area contributed by atoms with Crippen LogP contribution in [0.3, 0.4) is 0 Å². The van der Waals surface area contributed by atoms with Crippen LogP contribution in [0.25, 0.3) is 10.9 Å². The summed E-state index contributed by atoms with van der Waals surface area (Å²) in [7, 11) is 0. The van der Waals surface area contributed by atoms with Crippen LogP contribution in [-0.2, 0) is 14.3 Å². The minimum absolute atomic E-state index is 0.0281. The van der Waals surface area contributed by atoms with Crippen LogP contribution in [0.5, 0.6) is 0 Å². The van der Waals surface area contributed by atoms with Crippen LogP contribution >= 0.6 is 0 Å². The van der Waals surface area contributed by atoms with Gasteiger partial charge in [-0.05, 0) is 25.3 Å². The molecule has 3 heterocycles. The average molecular weight is 346 g/mol. The molecular formula is C15H14N4O6. The highest BCUT2D eigenvalue weighted by atomic mass is 16.6. The maximum Gasteiger partial charge on any atom is 0.423 e. The second kappa shape index (κ2) is 5.81. The SMILES string of the molecule is O=C1COC(=O)N1c1nn(C2CCCCO2)c2ccc([N+](=O)[O-])cc12. The van der Waals surface area contributed by atoms with Crippen molar-refractivity contribution in [1.29, 1.82) is 0 Å². The summed E-state index contributed by atoms with van der Waals surface area (Å²) in [5.41, 5.74) is 0.401. The van der Waals surface area contributed by atoms with Crippen molar-refractivity contribution in [2.75, 3.05) is 18.1 Å². The number of cyclic esters (lactones) is 1. The third kappa shape index (κ3) is 2.50. The van der Waals surface area contributed by atoms with Gasteiger partial charge in [-0.25, -0.2) is 9.48 Å². The lowest BCUT2D eigenvalue weighted by molar-refractivity contribution is -0.384. The summed E-state index contributed by atoms with van der Waals surface area (Å²) in [6.45, 7) is 0.209. The Morgan fingerprint density at radius 1 is 1.28 bits per heavy atom. The summed E-state index contributed by atoms with van der Waals surface area (Å²) in [5.74, 6) is -0.534. The quantitative estimate of drug-likeness (QED) is 0.617. The van der Waals surface area contributed by atoms with Gasteiger partial charge in [0.2, 0.25) is 0 Å². The number of benzene rings is 1. The van der Waals surface area contributed by atoms with Crippen molar-refractivity contribution in [2.45, 2.75) is 25.5 Å². The van der Waals surface area contributed by atoms with Crippen molar-refractivity contribution in [3.63, 3.8) is 0 Å². The number of nitro benzene ring substituents is 1. The molecule has 2 amide bonds. The molecule has 25 heavy (non-hydrogen) atoms. The Bertz CT molecular complexity index is 870. The Morgan fingerprint density at radius 3 is 2.76 bits per heavy atom. The molecule has 0 N–H and O–H groups in total. The number of fused-ring (bicyclic) bond motifs is 1. The van der Waals surface area contributed by atoms with E-state index in [-0.39, 0.29) is 24.3 Å². The molecule has 0 spiro atoms. The number of carbonyl (C=O) groups is 2. The molecule has 2 saturated heterocycles. The van der Waals surface area contributed by atoms with E-state index in [2.05, 4.69) is 5.10 Å². The molecule has 1 aromatic carbocycles. The first-order chi connectivity index (χ1) is 12.1. The molecule has 0 radical (unpaired) electrons. The molecule has 4 rings (SSSR count). The Labute approximate surface area is 141 Å². The first-order valence-corrected chi connectivity index (χ1v) is 7.84. The molecule has 130 valence electrons. The fourth-order valence-electron chi connectivity index (χ4n) is 3.09. The highest BCUT2D eigenvalue weighted by Gasteiger charge is 2.37. The second-order valence-corrected chi connectivity index (χ2v) is 5.83. The third-order valence-corrected chi connectivity index (χ3v) is 4.27. The zero-order valence-corrected chi connectivity index (χ0v) is 13.1. The zero-order valence-electron chi connectivity index (χ0n) is 13.1. The van der Waals surface area contributed by atoms with Crippen LogP contribution in [0.2, 0.25) is 0 Å². The lowest BCUT2D eigenvalue weighted by Crippen LogP contribution is -2.29. The van der Waals surface area contributed by atoms with Crippen molar-refractivity contribution in [2.24, 2.45) is 0 Å². The van der Waals surface area contributed by atoms with E-state index < -0.39 is 16.9 Å². The molecule has 1 unspecified atom stereocenters. The Balaban J connectivity index is 1.90. The summed E-state index contributed by atoms with van der Waals surface area (Å²) in [5, 5.41) is 15.8. The van der Waals surface area contributed by atoms with Crippen LogP contribution in [0.15, 0.2) is 18.2 Å². The first kappa shape index (κ1) is 15.5. The topological polar surface area (TPSA) is 117 Å². The van der Waals surface area contributed by atoms with Crippen LogP contribution in [0.1, 0.15) is 25.5 Å². The van der Waals surface area contributed by atoms with Gasteiger partial charge >= 0.3 is 6.09 Å². The Hall–Kier alpha value is -3.01. The van der Waals surface area contributed by atoms with E-state index in [1.807, 2.05) is 0 Å². The maximum atomic E-state index is 12.0. The number of rotatable bonds is 3. The van der Waals surface area contributed by atoms with Crippen molar-refractivity contribution in [1.82, 2.24) is 9.78 Å². The number of hydrogen-bond acceptors (Lipinski definition) is 7. The first-order valence-electron chi connectivity index (χ1n) is 7.84. The normalized spacial score (nSPS) is 21.0. The lowest BCUT2D eigenvalue weighted by Gasteiger charge is -2.23. The summed E-state index contributed by atoms with van der Waals surface area (Å²) >= 11 is 0. The smallest absolute Gasteiger partial charge is 0.423 e. The molecule has 0 saturated carbocycles. The Morgan fingerprint density at radius 2 is 2.12 bits per heavy atom. The van der Waals surface area contributed by atoms with E-state index in [1.165, 1.54) is 12.1 Å². The van der Waals surface area contributed by atoms with E-state index in [9.17, 15) is 19.7 Å². The highest BCUT2D eigenvalue weighted by molar-refractivity contribution is 6.19. The number of non-ortho nitro benzene ring substituents is 1. The fourth-order valence-corrected chi connectivity index (χ4v) is 3.09. The molecule has 2 aromatic rings. The largest absolute Gasteiger partial charge is 0.439 e. The highest BCUT2D eigenvalue weighted by Crippen LogP contribution is 2.35. The van der Waals surface area contributed by atoms with Gasteiger partial charge in [0, 0.05) is 18.7 Å². The number of ether oxygens (including phenoxy) is 2. The number of carbonyl (C=O) groups excluding carboxylic acids is 2. The molecule has 2 aliphatic rings. The van der Waals surface area contributed by atoms with Crippen molar-refractivity contribution < 1.29 is 24.0 Å². The molecule has 2 aliphatic heterocycles. The molecule has 10 heteroatoms. The van der Waals surface area contributed by atoms with E-state index >= 15 is 0 Å². The van der Waals surface area contributed by atoms with Crippen molar-refractivity contribution >= 4 is 34.4 Å². The monoisotopic (exact) mass is 346 g/mol. The Kier molecular flexibility index (Phi) is 3.61. The van der Waals surface area contributed by atoms with Gasteiger partial charge in [-0.1, -0.05) is 0 Å². The number of hydrogen-bond donors (Lipinski definition) is 0. The van der Waals surface area contributed by atoms with Gasteiger partial charge in [0.1, 0.15) is 0 Å². The van der Waals surface area contributed by atoms with Gasteiger partial charge < -0.3 is 9.47 Å². The van der Waals surface area contributed by atoms with Gasteiger partial charge in [-0.3, -0.25) is 14.9 Å². The van der Waals surface area contributed by atoms with E-state index in [0.717, 1.165) is 24.2 Å². The van der Waals surface area contributed by atoms with Crippen LogP contribution in [0, 0.1) is 10.1 Å². The van der Waals surface area contributed by atoms with Gasteiger partial charge in [-0.2, -0.15) is 10.00 Å². The van der Waals surface area contributed by atoms with Crippen molar-refractivity contribution in [3.05, 3.63) is 28.3 Å². The van der Waals surface area contributed by atoms with Gasteiger partial charge in [0.05, 0.1) is 15.8 Å². The molecule has 0 bridgehead atoms. The predicted molar refractivity (Wildman–Crippen MR) is 84.1 cm³/mol. The van der Waals surface area contributed by atoms with Crippen LogP contribution in [0.4, 0.5) is 16.3 Å². The van der Waals surface area contributed by atoms with Gasteiger partial charge in [-0.15, -0.1) is 0 Å². The molecular weight excluding hydrogens is 332 g/mol. The number of anilines is 1. The summed E-state index contributed by atoms with van der Waals surface area (Å²) in [6, 6.07) is 4.21. The number of amides is 2.